The van der Waals surface area contributed by atoms with Crippen molar-refractivity contribution in [2.45, 2.75) is 6.42 Å². The molecule has 1 fully saturated rings. The second kappa shape index (κ2) is 9.30. The number of hydrogen-bond donors (Lipinski definition) is 2. The Morgan fingerprint density at radius 1 is 1.12 bits per heavy atom. The van der Waals surface area contributed by atoms with Gasteiger partial charge in [0, 0.05) is 57.8 Å². The van der Waals surface area contributed by atoms with Crippen molar-refractivity contribution in [3.8, 4) is 0 Å². The minimum atomic E-state index is 0.481. The van der Waals surface area contributed by atoms with E-state index < -0.39 is 0 Å². The molecule has 1 aliphatic heterocycles. The van der Waals surface area contributed by atoms with Crippen molar-refractivity contribution in [2.24, 2.45) is 0 Å². The molecule has 0 radical (unpaired) electrons. The van der Waals surface area contributed by atoms with E-state index in [1.54, 1.807) is 13.3 Å². The average Bonchev–Trinajstić information content (AvgIpc) is 2.67. The van der Waals surface area contributed by atoms with Crippen LogP contribution in [-0.2, 0) is 4.74 Å². The summed E-state index contributed by atoms with van der Waals surface area (Å²) in [5.41, 5.74) is 2.19. The van der Waals surface area contributed by atoms with E-state index in [1.807, 2.05) is 0 Å². The monoisotopic (exact) mass is 357 g/mol. The van der Waals surface area contributed by atoms with Gasteiger partial charge in [0.1, 0.15) is 0 Å². The van der Waals surface area contributed by atoms with E-state index in [0.29, 0.717) is 11.8 Å². The topological polar surface area (TPSA) is 78.4 Å². The molecular weight excluding hydrogens is 330 g/mol. The molecule has 8 nitrogen and oxygen atoms in total. The molecule has 2 N–H and O–H groups in total. The Kier molecular flexibility index (Phi) is 6.56. The summed E-state index contributed by atoms with van der Waals surface area (Å²) < 4.78 is 5.03. The predicted molar refractivity (Wildman–Crippen MR) is 104 cm³/mol. The fourth-order valence-electron chi connectivity index (χ4n) is 2.82. The second-order valence-corrected chi connectivity index (χ2v) is 6.40. The van der Waals surface area contributed by atoms with E-state index >= 15 is 0 Å². The predicted octanol–water partition coefficient (Wildman–Crippen LogP) is 1.82. The summed E-state index contributed by atoms with van der Waals surface area (Å²) in [6.45, 7) is 5.83. The van der Waals surface area contributed by atoms with Gasteiger partial charge >= 0.3 is 0 Å². The van der Waals surface area contributed by atoms with Gasteiger partial charge in [-0.15, -0.1) is 5.10 Å². The molecule has 1 aromatic carbocycles. The minimum Gasteiger partial charge on any atom is -0.385 e. The number of aromatic nitrogens is 3. The fraction of sp³-hybridized carbons (Fsp3) is 0.500. The van der Waals surface area contributed by atoms with Gasteiger partial charge in [-0.25, -0.2) is 0 Å². The van der Waals surface area contributed by atoms with E-state index in [1.165, 1.54) is 5.69 Å². The lowest BCUT2D eigenvalue weighted by Crippen LogP contribution is -2.44. The largest absolute Gasteiger partial charge is 0.385 e. The van der Waals surface area contributed by atoms with Crippen molar-refractivity contribution in [3.05, 3.63) is 30.5 Å². The molecule has 0 unspecified atom stereocenters. The van der Waals surface area contributed by atoms with Crippen LogP contribution < -0.4 is 15.5 Å². The van der Waals surface area contributed by atoms with E-state index in [2.05, 4.69) is 66.9 Å². The Morgan fingerprint density at radius 3 is 2.62 bits per heavy atom. The Balaban J connectivity index is 1.55. The van der Waals surface area contributed by atoms with Crippen LogP contribution >= 0.6 is 0 Å². The van der Waals surface area contributed by atoms with E-state index in [-0.39, 0.29) is 0 Å². The lowest BCUT2D eigenvalue weighted by molar-refractivity contribution is 0.197. The first-order valence-electron chi connectivity index (χ1n) is 8.98. The Bertz CT molecular complexity index is 671. The molecular formula is C18H27N7O. The number of methoxy groups -OCH3 is 1. The van der Waals surface area contributed by atoms with Crippen molar-refractivity contribution in [1.29, 1.82) is 0 Å². The van der Waals surface area contributed by atoms with Gasteiger partial charge in [-0.05, 0) is 37.7 Å². The number of benzene rings is 1. The van der Waals surface area contributed by atoms with Crippen LogP contribution in [0.4, 0.5) is 23.1 Å². The van der Waals surface area contributed by atoms with Gasteiger partial charge < -0.3 is 25.2 Å². The van der Waals surface area contributed by atoms with Crippen molar-refractivity contribution in [3.63, 3.8) is 0 Å². The normalized spacial score (nSPS) is 15.1. The molecule has 8 heteroatoms. The van der Waals surface area contributed by atoms with Gasteiger partial charge in [0.2, 0.25) is 5.95 Å². The lowest BCUT2D eigenvalue weighted by atomic mass is 10.2. The van der Waals surface area contributed by atoms with Gasteiger partial charge in [0.25, 0.3) is 0 Å². The molecule has 2 heterocycles. The van der Waals surface area contributed by atoms with Gasteiger partial charge in [-0.3, -0.25) is 0 Å². The van der Waals surface area contributed by atoms with Crippen molar-refractivity contribution >= 4 is 23.1 Å². The molecule has 140 valence electrons. The average molecular weight is 357 g/mol. The molecule has 1 aromatic heterocycles. The maximum Gasteiger partial charge on any atom is 0.249 e. The van der Waals surface area contributed by atoms with Gasteiger partial charge in [-0.2, -0.15) is 10.1 Å². The molecule has 2 aromatic rings. The number of hydrogen-bond acceptors (Lipinski definition) is 8. The molecule has 0 spiro atoms. The standard InChI is InChI=1S/C18H27N7O/c1-24-9-11-25(12-10-24)16-6-4-15(5-7-16)21-18-22-17(14-20-23-18)19-8-3-13-26-2/h4-7,14H,3,8-13H2,1-2H3,(H2,19,21,22,23). The number of piperazine rings is 1. The van der Waals surface area contributed by atoms with Crippen LogP contribution in [0.5, 0.6) is 0 Å². The Hall–Kier alpha value is -2.45. The first kappa shape index (κ1) is 18.3. The zero-order valence-corrected chi connectivity index (χ0v) is 15.5. The van der Waals surface area contributed by atoms with Crippen LogP contribution in [0.15, 0.2) is 30.5 Å². The van der Waals surface area contributed by atoms with Crippen molar-refractivity contribution < 1.29 is 4.74 Å². The maximum absolute atomic E-state index is 5.03. The summed E-state index contributed by atoms with van der Waals surface area (Å²) in [6.07, 6.45) is 2.53. The summed E-state index contributed by atoms with van der Waals surface area (Å²) in [6, 6.07) is 8.37. The highest BCUT2D eigenvalue weighted by Gasteiger charge is 2.14. The van der Waals surface area contributed by atoms with E-state index in [4.69, 9.17) is 4.74 Å². The maximum atomic E-state index is 5.03. The summed E-state index contributed by atoms with van der Waals surface area (Å²) in [5.74, 6) is 1.18. The van der Waals surface area contributed by atoms with Crippen LogP contribution in [0.25, 0.3) is 0 Å². The first-order chi connectivity index (χ1) is 12.7. The van der Waals surface area contributed by atoms with Crippen molar-refractivity contribution in [1.82, 2.24) is 20.1 Å². The lowest BCUT2D eigenvalue weighted by Gasteiger charge is -2.34. The molecule has 0 aliphatic carbocycles. The smallest absolute Gasteiger partial charge is 0.249 e. The number of nitrogens with zero attached hydrogens (tertiary/aromatic N) is 5. The number of ether oxygens (including phenoxy) is 1. The first-order valence-corrected chi connectivity index (χ1v) is 8.98. The van der Waals surface area contributed by atoms with Crippen LogP contribution in [0.1, 0.15) is 6.42 Å². The highest BCUT2D eigenvalue weighted by Crippen LogP contribution is 2.21. The van der Waals surface area contributed by atoms with Crippen LogP contribution in [0.3, 0.4) is 0 Å². The summed E-state index contributed by atoms with van der Waals surface area (Å²) in [5, 5.41) is 14.5. The molecule has 1 saturated heterocycles. The van der Waals surface area contributed by atoms with Crippen LogP contribution in [-0.4, -0.2) is 73.6 Å². The molecule has 0 amide bonds. The third kappa shape index (κ3) is 5.27. The molecule has 0 saturated carbocycles. The molecule has 1 aliphatic rings. The molecule has 26 heavy (non-hydrogen) atoms. The third-order valence-electron chi connectivity index (χ3n) is 4.38. The fourth-order valence-corrected chi connectivity index (χ4v) is 2.82. The summed E-state index contributed by atoms with van der Waals surface area (Å²) >= 11 is 0. The third-order valence-corrected chi connectivity index (χ3v) is 4.38. The van der Waals surface area contributed by atoms with Gasteiger partial charge in [0.05, 0.1) is 6.20 Å². The zero-order valence-electron chi connectivity index (χ0n) is 15.5. The minimum absolute atomic E-state index is 0.481. The Labute approximate surface area is 154 Å². The van der Waals surface area contributed by atoms with Crippen molar-refractivity contribution in [2.75, 3.05) is 69.0 Å². The Morgan fingerprint density at radius 2 is 1.88 bits per heavy atom. The zero-order chi connectivity index (χ0) is 18.2. The number of nitrogens with one attached hydrogen (secondary N) is 2. The molecule has 0 bridgehead atoms. The number of likely N-dealkylation sites (N-methyl/N-ethyl adjacent to an activating group) is 1. The summed E-state index contributed by atoms with van der Waals surface area (Å²) in [4.78, 5) is 9.20. The van der Waals surface area contributed by atoms with Gasteiger partial charge in [-0.1, -0.05) is 0 Å². The van der Waals surface area contributed by atoms with E-state index in [0.717, 1.165) is 51.4 Å². The van der Waals surface area contributed by atoms with Crippen LogP contribution in [0.2, 0.25) is 0 Å². The molecule has 3 rings (SSSR count). The van der Waals surface area contributed by atoms with E-state index in [9.17, 15) is 0 Å². The second-order valence-electron chi connectivity index (χ2n) is 6.40. The summed E-state index contributed by atoms with van der Waals surface area (Å²) in [7, 11) is 3.86. The van der Waals surface area contributed by atoms with Crippen LogP contribution in [0, 0.1) is 0 Å². The number of anilines is 4. The number of rotatable bonds is 8. The highest BCUT2D eigenvalue weighted by molar-refractivity contribution is 5.59. The van der Waals surface area contributed by atoms with Gasteiger partial charge in [0.15, 0.2) is 5.82 Å². The quantitative estimate of drug-likeness (QED) is 0.693. The highest BCUT2D eigenvalue weighted by atomic mass is 16.5. The molecule has 0 atom stereocenters. The SMILES string of the molecule is COCCCNc1cnnc(Nc2ccc(N3CCN(C)CC3)cc2)n1.